The minimum atomic E-state index is 0.307. The van der Waals surface area contributed by atoms with Crippen LogP contribution in [0, 0.1) is 0 Å². The number of hydrogen-bond donors (Lipinski definition) is 0. The monoisotopic (exact) mass is 494 g/mol. The van der Waals surface area contributed by atoms with Crippen LogP contribution in [-0.4, -0.2) is 0 Å². The molecule has 1 unspecified atom stereocenters. The topological polar surface area (TPSA) is 0 Å². The van der Waals surface area contributed by atoms with Crippen molar-refractivity contribution in [2.75, 3.05) is 0 Å². The van der Waals surface area contributed by atoms with Crippen LogP contribution in [0.5, 0.6) is 0 Å². The lowest BCUT2D eigenvalue weighted by Crippen LogP contribution is -1.96. The molecule has 4 heteroatoms. The second kappa shape index (κ2) is 6.69. The molecule has 0 amide bonds. The molecule has 0 aromatic heterocycles. The van der Waals surface area contributed by atoms with Gasteiger partial charge in [0.1, 0.15) is 0 Å². The first-order valence-electron chi connectivity index (χ1n) is 5.40. The van der Waals surface area contributed by atoms with Gasteiger partial charge in [-0.3, -0.25) is 0 Å². The van der Waals surface area contributed by atoms with Crippen LogP contribution in [0.1, 0.15) is 16.0 Å². The van der Waals surface area contributed by atoms with Crippen LogP contribution in [0.4, 0.5) is 0 Å². The molecule has 0 saturated carbocycles. The van der Waals surface area contributed by atoms with Gasteiger partial charge in [0.15, 0.2) is 0 Å². The molecule has 0 fully saturated rings. The summed E-state index contributed by atoms with van der Waals surface area (Å²) >= 11 is 14.3. The van der Waals surface area contributed by atoms with Crippen molar-refractivity contribution < 1.29 is 0 Å². The molecule has 2 aromatic carbocycles. The maximum atomic E-state index is 3.76. The number of hydrogen-bond acceptors (Lipinski definition) is 0. The number of rotatable bonds is 3. The molecule has 0 aliphatic heterocycles. The van der Waals surface area contributed by atoms with Crippen LogP contribution in [0.15, 0.2) is 55.9 Å². The van der Waals surface area contributed by atoms with E-state index in [9.17, 15) is 0 Å². The summed E-state index contributed by atoms with van der Waals surface area (Å²) in [7, 11) is 0. The maximum Gasteiger partial charge on any atom is 0.0446 e. The van der Waals surface area contributed by atoms with Crippen molar-refractivity contribution in [2.24, 2.45) is 0 Å². The number of halogens is 4. The molecule has 0 bridgehead atoms. The fourth-order valence-corrected chi connectivity index (χ4v) is 4.36. The van der Waals surface area contributed by atoms with Crippen molar-refractivity contribution in [1.29, 1.82) is 0 Å². The van der Waals surface area contributed by atoms with Crippen molar-refractivity contribution in [1.82, 2.24) is 0 Å². The van der Waals surface area contributed by atoms with E-state index in [1.54, 1.807) is 0 Å². The van der Waals surface area contributed by atoms with E-state index in [2.05, 4.69) is 106 Å². The highest BCUT2D eigenvalue weighted by atomic mass is 79.9. The Kier molecular flexibility index (Phi) is 5.48. The molecule has 0 N–H and O–H groups in total. The lowest BCUT2D eigenvalue weighted by Gasteiger charge is -2.13. The minimum Gasteiger partial charge on any atom is -0.0835 e. The highest BCUT2D eigenvalue weighted by molar-refractivity contribution is 9.11. The van der Waals surface area contributed by atoms with Crippen LogP contribution in [-0.2, 0) is 6.42 Å². The zero-order valence-electron chi connectivity index (χ0n) is 9.34. The average molecular weight is 498 g/mol. The van der Waals surface area contributed by atoms with Gasteiger partial charge in [0.05, 0.1) is 0 Å². The molecule has 2 rings (SSSR count). The highest BCUT2D eigenvalue weighted by Crippen LogP contribution is 2.34. The van der Waals surface area contributed by atoms with E-state index < -0.39 is 0 Å². The lowest BCUT2D eigenvalue weighted by molar-refractivity contribution is 0.942. The summed E-state index contributed by atoms with van der Waals surface area (Å²) in [6.07, 6.45) is 0.966. The van der Waals surface area contributed by atoms with Crippen molar-refractivity contribution in [2.45, 2.75) is 11.2 Å². The second-order valence-corrected chi connectivity index (χ2v) is 7.75. The standard InChI is InChI=1S/C14H10Br4/c15-10-3-1-9(2-4-10)7-13(17)12-6-5-11(16)8-14(12)18/h1-6,8,13H,7H2. The van der Waals surface area contributed by atoms with Gasteiger partial charge in [-0.2, -0.15) is 0 Å². The number of alkyl halides is 1. The Balaban J connectivity index is 2.16. The lowest BCUT2D eigenvalue weighted by atomic mass is 10.0. The first-order chi connectivity index (χ1) is 8.56. The predicted octanol–water partition coefficient (Wildman–Crippen LogP) is 6.65. The van der Waals surface area contributed by atoms with E-state index in [-0.39, 0.29) is 0 Å². The Hall–Kier alpha value is 0.360. The first kappa shape index (κ1) is 14.8. The molecule has 18 heavy (non-hydrogen) atoms. The molecule has 2 aromatic rings. The van der Waals surface area contributed by atoms with Crippen LogP contribution in [0.3, 0.4) is 0 Å². The van der Waals surface area contributed by atoms with Gasteiger partial charge in [-0.15, -0.1) is 0 Å². The molecule has 94 valence electrons. The van der Waals surface area contributed by atoms with Crippen LogP contribution < -0.4 is 0 Å². The predicted molar refractivity (Wildman–Crippen MR) is 91.4 cm³/mol. The Morgan fingerprint density at radius 1 is 0.833 bits per heavy atom. The van der Waals surface area contributed by atoms with Crippen LogP contribution in [0.2, 0.25) is 0 Å². The zero-order valence-corrected chi connectivity index (χ0v) is 15.7. The fourth-order valence-electron chi connectivity index (χ4n) is 1.69. The Morgan fingerprint density at radius 2 is 1.44 bits per heavy atom. The highest BCUT2D eigenvalue weighted by Gasteiger charge is 2.12. The van der Waals surface area contributed by atoms with Gasteiger partial charge in [-0.1, -0.05) is 81.9 Å². The molecule has 0 saturated heterocycles. The van der Waals surface area contributed by atoms with Gasteiger partial charge in [0.2, 0.25) is 0 Å². The molecule has 0 nitrogen and oxygen atoms in total. The van der Waals surface area contributed by atoms with E-state index in [0.29, 0.717) is 4.83 Å². The molecule has 0 aliphatic carbocycles. The minimum absolute atomic E-state index is 0.307. The normalized spacial score (nSPS) is 12.4. The van der Waals surface area contributed by atoms with Crippen LogP contribution >= 0.6 is 63.7 Å². The van der Waals surface area contributed by atoms with E-state index in [4.69, 9.17) is 0 Å². The summed E-state index contributed by atoms with van der Waals surface area (Å²) in [5, 5.41) is 0. The molecular weight excluding hydrogens is 488 g/mol. The Bertz CT molecular complexity index is 534. The largest absolute Gasteiger partial charge is 0.0835 e. The summed E-state index contributed by atoms with van der Waals surface area (Å²) in [6.45, 7) is 0. The molecule has 0 aliphatic rings. The number of benzene rings is 2. The summed E-state index contributed by atoms with van der Waals surface area (Å²) in [5.74, 6) is 0. The summed E-state index contributed by atoms with van der Waals surface area (Å²) in [5.41, 5.74) is 2.58. The van der Waals surface area contributed by atoms with Gasteiger partial charge >= 0.3 is 0 Å². The van der Waals surface area contributed by atoms with E-state index in [1.165, 1.54) is 11.1 Å². The van der Waals surface area contributed by atoms with Gasteiger partial charge < -0.3 is 0 Å². The molecule has 0 heterocycles. The van der Waals surface area contributed by atoms with E-state index >= 15 is 0 Å². The summed E-state index contributed by atoms with van der Waals surface area (Å²) in [4.78, 5) is 0.307. The average Bonchev–Trinajstić information content (AvgIpc) is 2.32. The smallest absolute Gasteiger partial charge is 0.0446 e. The van der Waals surface area contributed by atoms with Gasteiger partial charge in [-0.05, 0) is 41.8 Å². The summed E-state index contributed by atoms with van der Waals surface area (Å²) in [6, 6.07) is 14.7. The van der Waals surface area contributed by atoms with Crippen LogP contribution in [0.25, 0.3) is 0 Å². The third kappa shape index (κ3) is 3.92. The van der Waals surface area contributed by atoms with Gasteiger partial charge in [0.25, 0.3) is 0 Å². The van der Waals surface area contributed by atoms with Gasteiger partial charge in [-0.25, -0.2) is 0 Å². The van der Waals surface area contributed by atoms with Gasteiger partial charge in [0, 0.05) is 18.2 Å². The first-order valence-corrected chi connectivity index (χ1v) is 8.69. The van der Waals surface area contributed by atoms with Crippen molar-refractivity contribution >= 4 is 63.7 Å². The maximum absolute atomic E-state index is 3.76. The zero-order chi connectivity index (χ0) is 13.1. The SMILES string of the molecule is Brc1ccc(CC(Br)c2ccc(Br)cc2Br)cc1. The molecule has 0 radical (unpaired) electrons. The van der Waals surface area contributed by atoms with Crippen molar-refractivity contribution in [3.8, 4) is 0 Å². The molecule has 0 spiro atoms. The fraction of sp³-hybridized carbons (Fsp3) is 0.143. The Labute approximate surface area is 141 Å². The third-order valence-electron chi connectivity index (χ3n) is 2.63. The Morgan fingerprint density at radius 3 is 2.06 bits per heavy atom. The third-order valence-corrected chi connectivity index (χ3v) is 5.15. The summed E-state index contributed by atoms with van der Waals surface area (Å²) < 4.78 is 3.32. The van der Waals surface area contributed by atoms with Crippen molar-refractivity contribution in [3.05, 3.63) is 67.0 Å². The molecule has 1 atom stereocenters. The van der Waals surface area contributed by atoms with E-state index in [1.807, 2.05) is 0 Å². The van der Waals surface area contributed by atoms with E-state index in [0.717, 1.165) is 19.8 Å². The van der Waals surface area contributed by atoms with Crippen molar-refractivity contribution in [3.63, 3.8) is 0 Å². The molecular formula is C14H10Br4. The second-order valence-electron chi connectivity index (χ2n) is 3.96. The quantitative estimate of drug-likeness (QED) is 0.416.